The van der Waals surface area contributed by atoms with E-state index in [0.717, 1.165) is 16.0 Å². The van der Waals surface area contributed by atoms with Crippen LogP contribution in [0.5, 0.6) is 5.75 Å². The lowest BCUT2D eigenvalue weighted by atomic mass is 10.0. The van der Waals surface area contributed by atoms with E-state index in [-0.39, 0.29) is 12.4 Å². The lowest BCUT2D eigenvalue weighted by molar-refractivity contribution is -0.142. The number of thiophene rings is 1. The van der Waals surface area contributed by atoms with Gasteiger partial charge in [-0.25, -0.2) is 0 Å². The number of rotatable bonds is 8. The SMILES string of the molecule is CCOC(=O)Cc1ccccc1OCc1cc2cccc(-c3cccc(CN)c3)c2s1. The van der Waals surface area contributed by atoms with E-state index < -0.39 is 0 Å². The molecule has 0 radical (unpaired) electrons. The van der Waals surface area contributed by atoms with Crippen molar-refractivity contribution in [3.63, 3.8) is 0 Å². The Kier molecular flexibility index (Phi) is 6.65. The number of carbonyl (C=O) groups is 1. The zero-order valence-corrected chi connectivity index (χ0v) is 18.3. The summed E-state index contributed by atoms with van der Waals surface area (Å²) in [6.07, 6.45) is 0.206. The number of hydrogen-bond acceptors (Lipinski definition) is 5. The highest BCUT2D eigenvalue weighted by Crippen LogP contribution is 2.36. The molecule has 1 heterocycles. The molecule has 0 aliphatic carbocycles. The molecule has 0 saturated carbocycles. The zero-order chi connectivity index (χ0) is 21.6. The third kappa shape index (κ3) is 4.95. The summed E-state index contributed by atoms with van der Waals surface area (Å²) in [7, 11) is 0. The van der Waals surface area contributed by atoms with Gasteiger partial charge in [0.25, 0.3) is 0 Å². The minimum Gasteiger partial charge on any atom is -0.488 e. The highest BCUT2D eigenvalue weighted by molar-refractivity contribution is 7.19. The van der Waals surface area contributed by atoms with Crippen molar-refractivity contribution in [3.8, 4) is 16.9 Å². The van der Waals surface area contributed by atoms with Crippen LogP contribution in [0.4, 0.5) is 0 Å². The Morgan fingerprint density at radius 2 is 1.84 bits per heavy atom. The van der Waals surface area contributed by atoms with Crippen molar-refractivity contribution < 1.29 is 14.3 Å². The molecule has 31 heavy (non-hydrogen) atoms. The van der Waals surface area contributed by atoms with Crippen LogP contribution in [-0.4, -0.2) is 12.6 Å². The van der Waals surface area contributed by atoms with Crippen LogP contribution < -0.4 is 10.5 Å². The zero-order valence-electron chi connectivity index (χ0n) is 17.5. The number of hydrogen-bond donors (Lipinski definition) is 1. The van der Waals surface area contributed by atoms with Gasteiger partial charge in [0.15, 0.2) is 0 Å². The molecule has 2 N–H and O–H groups in total. The quantitative estimate of drug-likeness (QED) is 0.363. The van der Waals surface area contributed by atoms with Gasteiger partial charge >= 0.3 is 5.97 Å². The Bertz CT molecular complexity index is 1200. The second-order valence-corrected chi connectivity index (χ2v) is 8.36. The highest BCUT2D eigenvalue weighted by Gasteiger charge is 2.12. The van der Waals surface area contributed by atoms with Crippen molar-refractivity contribution in [2.75, 3.05) is 6.61 Å². The Morgan fingerprint density at radius 1 is 1.00 bits per heavy atom. The summed E-state index contributed by atoms with van der Waals surface area (Å²) in [5, 5.41) is 1.19. The van der Waals surface area contributed by atoms with Crippen LogP contribution in [0.25, 0.3) is 21.2 Å². The number of esters is 1. The van der Waals surface area contributed by atoms with Gasteiger partial charge in [-0.15, -0.1) is 11.3 Å². The van der Waals surface area contributed by atoms with E-state index in [4.69, 9.17) is 15.2 Å². The molecule has 4 rings (SSSR count). The predicted octanol–water partition coefficient (Wildman–Crippen LogP) is 5.71. The summed E-state index contributed by atoms with van der Waals surface area (Å²) >= 11 is 1.73. The number of carbonyl (C=O) groups excluding carboxylic acids is 1. The predicted molar refractivity (Wildman–Crippen MR) is 126 cm³/mol. The third-order valence-corrected chi connectivity index (χ3v) is 6.21. The van der Waals surface area contributed by atoms with Crippen molar-refractivity contribution in [1.82, 2.24) is 0 Å². The van der Waals surface area contributed by atoms with Gasteiger partial charge in [-0.05, 0) is 47.2 Å². The summed E-state index contributed by atoms with van der Waals surface area (Å²) in [5.41, 5.74) is 10.1. The van der Waals surface area contributed by atoms with Crippen molar-refractivity contribution >= 4 is 27.4 Å². The molecule has 1 aromatic heterocycles. The molecule has 0 aliphatic rings. The molecule has 0 bridgehead atoms. The molecule has 4 aromatic rings. The largest absolute Gasteiger partial charge is 0.488 e. The van der Waals surface area contributed by atoms with E-state index in [0.29, 0.717) is 25.5 Å². The van der Waals surface area contributed by atoms with Crippen molar-refractivity contribution in [3.05, 3.63) is 88.8 Å². The van der Waals surface area contributed by atoms with Gasteiger partial charge in [0.2, 0.25) is 0 Å². The maximum Gasteiger partial charge on any atom is 0.310 e. The van der Waals surface area contributed by atoms with Crippen LogP contribution in [0.1, 0.15) is 22.9 Å². The van der Waals surface area contributed by atoms with Crippen LogP contribution in [-0.2, 0) is 29.1 Å². The lowest BCUT2D eigenvalue weighted by Gasteiger charge is -2.10. The summed E-state index contributed by atoms with van der Waals surface area (Å²) in [4.78, 5) is 13.0. The first-order chi connectivity index (χ1) is 15.2. The summed E-state index contributed by atoms with van der Waals surface area (Å²) < 4.78 is 12.4. The molecule has 158 valence electrons. The number of fused-ring (bicyclic) bond motifs is 1. The van der Waals surface area contributed by atoms with Crippen LogP contribution >= 0.6 is 11.3 Å². The summed E-state index contributed by atoms with van der Waals surface area (Å²) in [6.45, 7) is 3.16. The summed E-state index contributed by atoms with van der Waals surface area (Å²) in [6, 6.07) is 24.5. The molecule has 0 fully saturated rings. The number of ether oxygens (including phenoxy) is 2. The van der Waals surface area contributed by atoms with Crippen molar-refractivity contribution in [1.29, 1.82) is 0 Å². The van der Waals surface area contributed by atoms with Gasteiger partial charge in [-0.2, -0.15) is 0 Å². The number of para-hydroxylation sites is 1. The molecule has 0 spiro atoms. The maximum absolute atomic E-state index is 11.9. The number of nitrogens with two attached hydrogens (primary N) is 1. The fourth-order valence-electron chi connectivity index (χ4n) is 3.59. The maximum atomic E-state index is 11.9. The smallest absolute Gasteiger partial charge is 0.310 e. The van der Waals surface area contributed by atoms with Gasteiger partial charge in [0, 0.05) is 21.7 Å². The van der Waals surface area contributed by atoms with E-state index in [9.17, 15) is 4.79 Å². The molecular formula is C26H25NO3S. The first-order valence-corrected chi connectivity index (χ1v) is 11.2. The Hall–Kier alpha value is -3.15. The average Bonchev–Trinajstić information content (AvgIpc) is 3.22. The second-order valence-electron chi connectivity index (χ2n) is 7.22. The van der Waals surface area contributed by atoms with E-state index in [1.54, 1.807) is 11.3 Å². The normalized spacial score (nSPS) is 10.9. The van der Waals surface area contributed by atoms with Crippen LogP contribution in [0.15, 0.2) is 72.8 Å². The first-order valence-electron chi connectivity index (χ1n) is 10.3. The minimum atomic E-state index is -0.246. The first kappa shape index (κ1) is 21.1. The molecule has 0 amide bonds. The standard InChI is InChI=1S/C26H25NO3S/c1-2-29-25(28)15-20-8-3-4-12-24(20)30-17-22-14-21-10-6-11-23(26(21)31-22)19-9-5-7-18(13-19)16-27/h3-14H,2,15-17,27H2,1H3. The molecule has 0 unspecified atom stereocenters. The van der Waals surface area contributed by atoms with E-state index in [1.807, 2.05) is 37.3 Å². The van der Waals surface area contributed by atoms with Gasteiger partial charge < -0.3 is 15.2 Å². The van der Waals surface area contributed by atoms with Gasteiger partial charge in [0.05, 0.1) is 13.0 Å². The molecule has 0 saturated heterocycles. The highest BCUT2D eigenvalue weighted by atomic mass is 32.1. The molecule has 5 heteroatoms. The van der Waals surface area contributed by atoms with Crippen molar-refractivity contribution in [2.24, 2.45) is 5.73 Å². The minimum absolute atomic E-state index is 0.206. The van der Waals surface area contributed by atoms with Crippen molar-refractivity contribution in [2.45, 2.75) is 26.5 Å². The van der Waals surface area contributed by atoms with E-state index >= 15 is 0 Å². The average molecular weight is 432 g/mol. The topological polar surface area (TPSA) is 61.5 Å². The molecule has 4 nitrogen and oxygen atoms in total. The van der Waals surface area contributed by atoms with Gasteiger partial charge in [-0.1, -0.05) is 54.6 Å². The Morgan fingerprint density at radius 3 is 2.68 bits per heavy atom. The number of benzene rings is 3. The monoisotopic (exact) mass is 431 g/mol. The molecule has 0 aliphatic heterocycles. The fourth-order valence-corrected chi connectivity index (χ4v) is 4.69. The Balaban J connectivity index is 1.56. The third-order valence-electron chi connectivity index (χ3n) is 5.05. The summed E-state index contributed by atoms with van der Waals surface area (Å²) in [5.74, 6) is 0.466. The van der Waals surface area contributed by atoms with E-state index in [2.05, 4.69) is 42.5 Å². The molecule has 3 aromatic carbocycles. The lowest BCUT2D eigenvalue weighted by Crippen LogP contribution is -2.08. The van der Waals surface area contributed by atoms with Crippen LogP contribution in [0, 0.1) is 0 Å². The van der Waals surface area contributed by atoms with Gasteiger partial charge in [0.1, 0.15) is 12.4 Å². The van der Waals surface area contributed by atoms with Gasteiger partial charge in [-0.3, -0.25) is 4.79 Å². The Labute approximate surface area is 186 Å². The van der Waals surface area contributed by atoms with E-state index in [1.165, 1.54) is 21.2 Å². The second kappa shape index (κ2) is 9.77. The van der Waals surface area contributed by atoms with Crippen LogP contribution in [0.2, 0.25) is 0 Å². The fraction of sp³-hybridized carbons (Fsp3) is 0.192. The molecule has 0 atom stereocenters. The van der Waals surface area contributed by atoms with Crippen LogP contribution in [0.3, 0.4) is 0 Å². The molecular weight excluding hydrogens is 406 g/mol.